The smallest absolute Gasteiger partial charge is 0.346 e. The van der Waals surface area contributed by atoms with E-state index in [0.717, 1.165) is 0 Å². The molecule has 29 heavy (non-hydrogen) atoms. The van der Waals surface area contributed by atoms with Gasteiger partial charge in [-0.1, -0.05) is 13.8 Å². The van der Waals surface area contributed by atoms with Gasteiger partial charge in [-0.05, 0) is 42.7 Å². The van der Waals surface area contributed by atoms with Crippen LogP contribution >= 0.6 is 0 Å². The summed E-state index contributed by atoms with van der Waals surface area (Å²) in [4.78, 5) is 31.3. The fourth-order valence-corrected chi connectivity index (χ4v) is 2.87. The van der Waals surface area contributed by atoms with Crippen LogP contribution in [0.3, 0.4) is 0 Å². The zero-order chi connectivity index (χ0) is 21.0. The molecule has 1 atom stereocenters. The number of benzene rings is 1. The van der Waals surface area contributed by atoms with E-state index in [4.69, 9.17) is 9.15 Å². The number of aromatic amines is 1. The van der Waals surface area contributed by atoms with Crippen molar-refractivity contribution in [3.05, 3.63) is 58.3 Å². The Balaban J connectivity index is 1.87. The van der Waals surface area contributed by atoms with Gasteiger partial charge in [-0.25, -0.2) is 4.79 Å². The normalized spacial score (nSPS) is 12.0. The number of nitrogens with zero attached hydrogens (tertiary/aromatic N) is 3. The monoisotopic (exact) mass is 397 g/mol. The molecular formula is C20H23N5O4. The van der Waals surface area contributed by atoms with Crippen molar-refractivity contribution in [3.63, 3.8) is 0 Å². The van der Waals surface area contributed by atoms with Crippen LogP contribution in [0, 0.1) is 12.8 Å². The number of amides is 1. The van der Waals surface area contributed by atoms with Gasteiger partial charge in [-0.2, -0.15) is 4.98 Å². The van der Waals surface area contributed by atoms with Crippen LogP contribution in [0.5, 0.6) is 5.75 Å². The van der Waals surface area contributed by atoms with Crippen molar-refractivity contribution in [3.8, 4) is 17.0 Å². The number of hydrogen-bond acceptors (Lipinski definition) is 7. The van der Waals surface area contributed by atoms with Crippen molar-refractivity contribution in [2.75, 3.05) is 7.11 Å². The number of carbonyl (C=O) groups is 1. The van der Waals surface area contributed by atoms with E-state index in [1.54, 1.807) is 38.3 Å². The lowest BCUT2D eigenvalue weighted by molar-refractivity contribution is 0.0918. The van der Waals surface area contributed by atoms with Crippen LogP contribution in [0.4, 0.5) is 0 Å². The molecule has 0 bridgehead atoms. The first kappa shape index (κ1) is 20.2. The molecule has 0 aliphatic carbocycles. The number of aryl methyl sites for hydroxylation is 1. The Labute approximate surface area is 167 Å². The fraction of sp³-hybridized carbons (Fsp3) is 0.350. The van der Waals surface area contributed by atoms with Crippen LogP contribution in [-0.4, -0.2) is 33.2 Å². The Bertz CT molecular complexity index is 1040. The zero-order valence-corrected chi connectivity index (χ0v) is 16.7. The molecule has 3 aromatic rings. The maximum Gasteiger partial charge on any atom is 0.346 e. The molecule has 9 nitrogen and oxygen atoms in total. The van der Waals surface area contributed by atoms with Crippen molar-refractivity contribution in [1.29, 1.82) is 0 Å². The predicted molar refractivity (Wildman–Crippen MR) is 106 cm³/mol. The molecule has 1 unspecified atom stereocenters. The van der Waals surface area contributed by atoms with Gasteiger partial charge in [0.05, 0.1) is 12.8 Å². The molecular weight excluding hydrogens is 374 g/mol. The number of methoxy groups -OCH3 is 1. The van der Waals surface area contributed by atoms with E-state index in [1.165, 1.54) is 6.07 Å². The minimum atomic E-state index is -0.613. The number of nitrogens with one attached hydrogen (secondary N) is 2. The highest BCUT2D eigenvalue weighted by Gasteiger charge is 2.23. The van der Waals surface area contributed by atoms with E-state index in [1.807, 2.05) is 13.8 Å². The Kier molecular flexibility index (Phi) is 6.06. The van der Waals surface area contributed by atoms with Crippen LogP contribution in [0.25, 0.3) is 11.3 Å². The lowest BCUT2D eigenvalue weighted by Gasteiger charge is -2.17. The molecule has 0 saturated carbocycles. The van der Waals surface area contributed by atoms with E-state index in [9.17, 15) is 9.59 Å². The summed E-state index contributed by atoms with van der Waals surface area (Å²) >= 11 is 0. The number of H-pyrrole nitrogens is 1. The number of ether oxygens (including phenoxy) is 1. The lowest BCUT2D eigenvalue weighted by Crippen LogP contribution is -2.32. The minimum Gasteiger partial charge on any atom is -0.497 e. The lowest BCUT2D eigenvalue weighted by atomic mass is 10.0. The van der Waals surface area contributed by atoms with Crippen molar-refractivity contribution in [2.24, 2.45) is 5.92 Å². The zero-order valence-electron chi connectivity index (χ0n) is 16.7. The highest BCUT2D eigenvalue weighted by atomic mass is 16.5. The average Bonchev–Trinajstić information content (AvgIpc) is 3.13. The van der Waals surface area contributed by atoms with Gasteiger partial charge in [0.25, 0.3) is 5.91 Å². The van der Waals surface area contributed by atoms with E-state index in [2.05, 4.69) is 25.5 Å². The van der Waals surface area contributed by atoms with Crippen LogP contribution in [0.15, 0.2) is 39.5 Å². The maximum absolute atomic E-state index is 12.8. The molecule has 2 N–H and O–H groups in total. The van der Waals surface area contributed by atoms with Crippen molar-refractivity contribution < 1.29 is 13.9 Å². The summed E-state index contributed by atoms with van der Waals surface area (Å²) in [6.45, 7) is 5.74. The van der Waals surface area contributed by atoms with E-state index in [0.29, 0.717) is 35.2 Å². The second-order valence-electron chi connectivity index (χ2n) is 7.03. The third-order valence-electron chi connectivity index (χ3n) is 4.23. The van der Waals surface area contributed by atoms with E-state index >= 15 is 0 Å². The summed E-state index contributed by atoms with van der Waals surface area (Å²) in [6, 6.07) is 8.12. The van der Waals surface area contributed by atoms with Crippen molar-refractivity contribution in [1.82, 2.24) is 25.5 Å². The first-order valence-corrected chi connectivity index (χ1v) is 9.22. The molecule has 2 aromatic heterocycles. The van der Waals surface area contributed by atoms with Gasteiger partial charge in [0.2, 0.25) is 11.8 Å². The van der Waals surface area contributed by atoms with Gasteiger partial charge in [-0.3, -0.25) is 4.79 Å². The summed E-state index contributed by atoms with van der Waals surface area (Å²) in [5.74, 6) is 1.25. The molecule has 1 aromatic carbocycles. The Hall–Kier alpha value is -3.49. The van der Waals surface area contributed by atoms with Crippen LogP contribution in [0.1, 0.15) is 48.6 Å². The highest BCUT2D eigenvalue weighted by molar-refractivity contribution is 5.93. The molecule has 0 saturated heterocycles. The van der Waals surface area contributed by atoms with E-state index < -0.39 is 17.6 Å². The fourth-order valence-electron chi connectivity index (χ4n) is 2.87. The van der Waals surface area contributed by atoms with Gasteiger partial charge in [-0.15, -0.1) is 10.2 Å². The number of rotatable bonds is 7. The van der Waals surface area contributed by atoms with Crippen molar-refractivity contribution >= 4 is 5.91 Å². The largest absolute Gasteiger partial charge is 0.497 e. The first-order valence-electron chi connectivity index (χ1n) is 9.22. The molecule has 1 amide bonds. The van der Waals surface area contributed by atoms with Gasteiger partial charge in [0.15, 0.2) is 0 Å². The van der Waals surface area contributed by atoms with Gasteiger partial charge < -0.3 is 19.5 Å². The van der Waals surface area contributed by atoms with Crippen LogP contribution < -0.4 is 15.7 Å². The van der Waals surface area contributed by atoms with Gasteiger partial charge in [0.1, 0.15) is 17.5 Å². The Morgan fingerprint density at radius 2 is 1.97 bits per heavy atom. The summed E-state index contributed by atoms with van der Waals surface area (Å²) in [6.07, 6.45) is 0.605. The minimum absolute atomic E-state index is 0.0980. The SMILES string of the molecule is COc1ccc(-c2cc(C(=O)NC(CC(C)C)c3nnc(C)o3)[nH]c(=O)n2)cc1. The third kappa shape index (κ3) is 5.07. The Morgan fingerprint density at radius 3 is 2.55 bits per heavy atom. The van der Waals surface area contributed by atoms with Crippen LogP contribution in [-0.2, 0) is 0 Å². The molecule has 9 heteroatoms. The maximum atomic E-state index is 12.8. The average molecular weight is 397 g/mol. The summed E-state index contributed by atoms with van der Waals surface area (Å²) in [5.41, 5.74) is 0.561. The second-order valence-corrected chi connectivity index (χ2v) is 7.03. The number of carbonyl (C=O) groups excluding carboxylic acids is 1. The Morgan fingerprint density at radius 1 is 1.24 bits per heavy atom. The predicted octanol–water partition coefficient (Wildman–Crippen LogP) is 2.65. The number of hydrogen-bond donors (Lipinski definition) is 2. The van der Waals surface area contributed by atoms with Gasteiger partial charge >= 0.3 is 5.69 Å². The molecule has 2 heterocycles. The van der Waals surface area contributed by atoms with Gasteiger partial charge in [0, 0.05) is 12.5 Å². The summed E-state index contributed by atoms with van der Waals surface area (Å²) in [7, 11) is 1.57. The highest BCUT2D eigenvalue weighted by Crippen LogP contribution is 2.22. The molecule has 0 radical (unpaired) electrons. The molecule has 152 valence electrons. The second kappa shape index (κ2) is 8.68. The molecule has 0 spiro atoms. The molecule has 3 rings (SSSR count). The summed E-state index contributed by atoms with van der Waals surface area (Å²) in [5, 5.41) is 10.7. The third-order valence-corrected chi connectivity index (χ3v) is 4.23. The summed E-state index contributed by atoms with van der Waals surface area (Å²) < 4.78 is 10.6. The van der Waals surface area contributed by atoms with Crippen molar-refractivity contribution in [2.45, 2.75) is 33.2 Å². The standard InChI is InChI=1S/C20H23N5O4/c1-11(2)9-17(19-25-24-12(3)29-19)21-18(26)16-10-15(22-20(27)23-16)13-5-7-14(28-4)8-6-13/h5-8,10-11,17H,9H2,1-4H3,(H,21,26)(H,22,23,27). The molecule has 0 fully saturated rings. The van der Waals surface area contributed by atoms with E-state index in [-0.39, 0.29) is 11.6 Å². The topological polar surface area (TPSA) is 123 Å². The first-order chi connectivity index (χ1) is 13.9. The quantitative estimate of drug-likeness (QED) is 0.628. The van der Waals surface area contributed by atoms with Crippen LogP contribution in [0.2, 0.25) is 0 Å². The number of aromatic nitrogens is 4. The molecule has 0 aliphatic heterocycles. The molecule has 0 aliphatic rings.